The lowest BCUT2D eigenvalue weighted by Crippen LogP contribution is -2.10. The molecule has 2 aliphatic rings. The summed E-state index contributed by atoms with van der Waals surface area (Å²) in [7, 11) is 0. The van der Waals surface area contributed by atoms with Crippen LogP contribution in [0.2, 0.25) is 0 Å². The summed E-state index contributed by atoms with van der Waals surface area (Å²) in [4.78, 5) is 25.4. The summed E-state index contributed by atoms with van der Waals surface area (Å²) in [6, 6.07) is 11.9. The fourth-order valence-electron chi connectivity index (χ4n) is 3.60. The van der Waals surface area contributed by atoms with Crippen LogP contribution in [0, 0.1) is 0 Å². The first-order valence-corrected chi connectivity index (χ1v) is 9.02. The summed E-state index contributed by atoms with van der Waals surface area (Å²) in [5.41, 5.74) is 6.40. The van der Waals surface area contributed by atoms with Crippen molar-refractivity contribution in [3.63, 3.8) is 0 Å². The molecular formula is C22H22N2O2. The van der Waals surface area contributed by atoms with Crippen molar-refractivity contribution >= 4 is 34.3 Å². The van der Waals surface area contributed by atoms with E-state index in [1.165, 1.54) is 0 Å². The van der Waals surface area contributed by atoms with Crippen LogP contribution in [-0.4, -0.2) is 11.8 Å². The topological polar surface area (TPSA) is 58.2 Å². The molecule has 4 heteroatoms. The maximum atomic E-state index is 12.7. The Morgan fingerprint density at radius 1 is 0.654 bits per heavy atom. The van der Waals surface area contributed by atoms with Gasteiger partial charge in [0.1, 0.15) is 0 Å². The smallest absolute Gasteiger partial charge is 0.257 e. The Labute approximate surface area is 153 Å². The molecular weight excluding hydrogens is 324 g/mol. The third kappa shape index (κ3) is 2.45. The summed E-state index contributed by atoms with van der Waals surface area (Å²) in [6.07, 6.45) is 0. The van der Waals surface area contributed by atoms with Crippen molar-refractivity contribution in [3.05, 3.63) is 58.7 Å². The lowest BCUT2D eigenvalue weighted by Gasteiger charge is -2.09. The van der Waals surface area contributed by atoms with E-state index in [0.29, 0.717) is 23.0 Å². The first-order chi connectivity index (χ1) is 12.4. The number of anilines is 2. The number of hydrogen-bond acceptors (Lipinski definition) is 2. The molecule has 2 heterocycles. The minimum Gasteiger partial charge on any atom is -0.321 e. The zero-order valence-electron chi connectivity index (χ0n) is 15.4. The Morgan fingerprint density at radius 2 is 1.04 bits per heavy atom. The molecule has 0 fully saturated rings. The Hall–Kier alpha value is -2.88. The number of nitrogens with one attached hydrogen (secondary N) is 2. The van der Waals surface area contributed by atoms with Crippen LogP contribution in [0.1, 0.15) is 61.8 Å². The quantitative estimate of drug-likeness (QED) is 0.771. The highest BCUT2D eigenvalue weighted by atomic mass is 16.2. The average Bonchev–Trinajstić information content (AvgIpc) is 3.08. The second kappa shape index (κ2) is 5.84. The highest BCUT2D eigenvalue weighted by Crippen LogP contribution is 2.43. The first kappa shape index (κ1) is 16.6. The molecule has 0 spiro atoms. The van der Waals surface area contributed by atoms with Crippen molar-refractivity contribution < 1.29 is 9.59 Å². The molecule has 0 aromatic heterocycles. The van der Waals surface area contributed by atoms with Crippen molar-refractivity contribution in [3.8, 4) is 0 Å². The molecule has 4 nitrogen and oxygen atoms in total. The second-order valence-electron chi connectivity index (χ2n) is 7.58. The van der Waals surface area contributed by atoms with E-state index in [9.17, 15) is 9.59 Å². The molecule has 0 aliphatic carbocycles. The predicted molar refractivity (Wildman–Crippen MR) is 105 cm³/mol. The van der Waals surface area contributed by atoms with Crippen molar-refractivity contribution in [2.75, 3.05) is 10.6 Å². The van der Waals surface area contributed by atoms with E-state index in [1.807, 2.05) is 36.4 Å². The number of hydrogen-bond donors (Lipinski definition) is 2. The summed E-state index contributed by atoms with van der Waals surface area (Å²) in [5.74, 6) is 0.316. The van der Waals surface area contributed by atoms with Crippen molar-refractivity contribution in [2.24, 2.45) is 0 Å². The summed E-state index contributed by atoms with van der Waals surface area (Å²) >= 11 is 0. The lowest BCUT2D eigenvalue weighted by atomic mass is 9.93. The zero-order chi connectivity index (χ0) is 18.6. The SMILES string of the molecule is CC(C)c1ccc2c(c1)NC(=O)/C2=C1/C(=O)Nc2cc(C(C)C)ccc21. The Morgan fingerprint density at radius 3 is 1.38 bits per heavy atom. The molecule has 0 atom stereocenters. The molecule has 2 amide bonds. The minimum absolute atomic E-state index is 0.216. The first-order valence-electron chi connectivity index (χ1n) is 9.02. The largest absolute Gasteiger partial charge is 0.321 e. The predicted octanol–water partition coefficient (Wildman–Crippen LogP) is 4.75. The number of carbonyl (C=O) groups excluding carboxylic acids is 2. The van der Waals surface area contributed by atoms with E-state index in [0.717, 1.165) is 33.6 Å². The van der Waals surface area contributed by atoms with E-state index in [-0.39, 0.29) is 11.8 Å². The highest BCUT2D eigenvalue weighted by Gasteiger charge is 2.35. The molecule has 0 bridgehead atoms. The van der Waals surface area contributed by atoms with E-state index in [2.05, 4.69) is 38.3 Å². The number of carbonyl (C=O) groups is 2. The van der Waals surface area contributed by atoms with Gasteiger partial charge in [-0.05, 0) is 35.1 Å². The number of rotatable bonds is 2. The van der Waals surface area contributed by atoms with Crippen LogP contribution in [0.4, 0.5) is 11.4 Å². The van der Waals surface area contributed by atoms with Crippen molar-refractivity contribution in [2.45, 2.75) is 39.5 Å². The number of fused-ring (bicyclic) bond motifs is 2. The van der Waals surface area contributed by atoms with Gasteiger partial charge in [-0.25, -0.2) is 0 Å². The van der Waals surface area contributed by atoms with Gasteiger partial charge in [-0.15, -0.1) is 0 Å². The average molecular weight is 346 g/mol. The molecule has 2 aromatic rings. The Bertz CT molecular complexity index is 904. The normalized spacial score (nSPS) is 18.2. The molecule has 4 rings (SSSR count). The number of amides is 2. The third-order valence-electron chi connectivity index (χ3n) is 5.16. The zero-order valence-corrected chi connectivity index (χ0v) is 15.4. The monoisotopic (exact) mass is 346 g/mol. The van der Waals surface area contributed by atoms with E-state index < -0.39 is 0 Å². The van der Waals surface area contributed by atoms with Gasteiger partial charge in [-0.3, -0.25) is 9.59 Å². The lowest BCUT2D eigenvalue weighted by molar-refractivity contribution is -0.112. The minimum atomic E-state index is -0.216. The fourth-order valence-corrected chi connectivity index (χ4v) is 3.60. The van der Waals surface area contributed by atoms with Gasteiger partial charge in [0, 0.05) is 22.5 Å². The summed E-state index contributed by atoms with van der Waals surface area (Å²) in [6.45, 7) is 8.46. The van der Waals surface area contributed by atoms with Crippen LogP contribution in [0.3, 0.4) is 0 Å². The molecule has 132 valence electrons. The summed E-state index contributed by atoms with van der Waals surface area (Å²) < 4.78 is 0. The molecule has 0 unspecified atom stereocenters. The second-order valence-corrected chi connectivity index (χ2v) is 7.58. The van der Waals surface area contributed by atoms with Crippen LogP contribution in [0.5, 0.6) is 0 Å². The van der Waals surface area contributed by atoms with Gasteiger partial charge in [0.15, 0.2) is 0 Å². The molecule has 0 saturated carbocycles. The fraction of sp³-hybridized carbons (Fsp3) is 0.273. The van der Waals surface area contributed by atoms with Gasteiger partial charge < -0.3 is 10.6 Å². The van der Waals surface area contributed by atoms with Crippen LogP contribution >= 0.6 is 0 Å². The highest BCUT2D eigenvalue weighted by molar-refractivity contribution is 6.49. The molecule has 2 N–H and O–H groups in total. The molecule has 2 aromatic carbocycles. The van der Waals surface area contributed by atoms with Gasteiger partial charge >= 0.3 is 0 Å². The maximum absolute atomic E-state index is 12.7. The standard InChI is InChI=1S/C22H22N2O2/c1-11(2)13-5-7-15-17(9-13)23-21(25)19(15)20-16-8-6-14(12(3)4)10-18(16)24-22(20)26/h5-12H,1-4H3,(H,23,25)(H,24,26)/b20-19+. The van der Waals surface area contributed by atoms with E-state index >= 15 is 0 Å². The van der Waals surface area contributed by atoms with Crippen molar-refractivity contribution in [1.82, 2.24) is 0 Å². The third-order valence-corrected chi connectivity index (χ3v) is 5.16. The van der Waals surface area contributed by atoms with Crippen LogP contribution in [-0.2, 0) is 9.59 Å². The summed E-state index contributed by atoms with van der Waals surface area (Å²) in [5, 5.41) is 5.85. The van der Waals surface area contributed by atoms with Crippen molar-refractivity contribution in [1.29, 1.82) is 0 Å². The molecule has 2 aliphatic heterocycles. The van der Waals surface area contributed by atoms with E-state index in [1.54, 1.807) is 0 Å². The molecule has 0 radical (unpaired) electrons. The number of benzene rings is 2. The Kier molecular flexibility index (Phi) is 3.72. The molecule has 26 heavy (non-hydrogen) atoms. The van der Waals surface area contributed by atoms with Gasteiger partial charge in [-0.1, -0.05) is 52.0 Å². The van der Waals surface area contributed by atoms with Gasteiger partial charge in [0.2, 0.25) is 0 Å². The molecule has 0 saturated heterocycles. The van der Waals surface area contributed by atoms with Crippen LogP contribution in [0.15, 0.2) is 36.4 Å². The van der Waals surface area contributed by atoms with Gasteiger partial charge in [-0.2, -0.15) is 0 Å². The Balaban J connectivity index is 1.89. The van der Waals surface area contributed by atoms with Crippen LogP contribution in [0.25, 0.3) is 11.1 Å². The van der Waals surface area contributed by atoms with Gasteiger partial charge in [0.25, 0.3) is 11.8 Å². The van der Waals surface area contributed by atoms with Gasteiger partial charge in [0.05, 0.1) is 11.1 Å². The van der Waals surface area contributed by atoms with E-state index in [4.69, 9.17) is 0 Å². The van der Waals surface area contributed by atoms with Crippen LogP contribution < -0.4 is 10.6 Å². The maximum Gasteiger partial charge on any atom is 0.257 e.